The molecule has 4 nitrogen and oxygen atoms in total. The SMILES string of the molecule is CCCNC(Cc1ncnn1C(C)C)C(C)(C)CC. The summed E-state index contributed by atoms with van der Waals surface area (Å²) in [6.07, 6.45) is 4.93. The molecule has 4 heteroatoms. The molecule has 110 valence electrons. The van der Waals surface area contributed by atoms with Crippen molar-refractivity contribution >= 4 is 0 Å². The molecular weight excluding hydrogens is 236 g/mol. The molecule has 1 N–H and O–H groups in total. The lowest BCUT2D eigenvalue weighted by atomic mass is 9.80. The minimum atomic E-state index is 0.267. The van der Waals surface area contributed by atoms with Crippen LogP contribution < -0.4 is 5.32 Å². The summed E-state index contributed by atoms with van der Waals surface area (Å²) in [4.78, 5) is 4.44. The van der Waals surface area contributed by atoms with Gasteiger partial charge in [-0.1, -0.05) is 27.7 Å². The van der Waals surface area contributed by atoms with E-state index in [0.29, 0.717) is 12.1 Å². The zero-order valence-corrected chi connectivity index (χ0v) is 13.4. The van der Waals surface area contributed by atoms with Gasteiger partial charge in [0.05, 0.1) is 0 Å². The van der Waals surface area contributed by atoms with Crippen LogP contribution in [0, 0.1) is 5.41 Å². The highest BCUT2D eigenvalue weighted by Crippen LogP contribution is 2.27. The van der Waals surface area contributed by atoms with Crippen molar-refractivity contribution in [2.45, 2.75) is 72.9 Å². The number of hydrogen-bond donors (Lipinski definition) is 1. The Kier molecular flexibility index (Phi) is 5.98. The normalized spacial score (nSPS) is 14.1. The molecular formula is C15H30N4. The third-order valence-corrected chi connectivity index (χ3v) is 4.02. The monoisotopic (exact) mass is 266 g/mol. The number of hydrogen-bond acceptors (Lipinski definition) is 3. The molecule has 1 aromatic heterocycles. The second-order valence-corrected chi connectivity index (χ2v) is 6.27. The highest BCUT2D eigenvalue weighted by atomic mass is 15.3. The van der Waals surface area contributed by atoms with E-state index < -0.39 is 0 Å². The molecule has 1 atom stereocenters. The second-order valence-electron chi connectivity index (χ2n) is 6.27. The van der Waals surface area contributed by atoms with E-state index in [0.717, 1.165) is 31.6 Å². The third-order valence-electron chi connectivity index (χ3n) is 4.02. The van der Waals surface area contributed by atoms with Gasteiger partial charge in [0.25, 0.3) is 0 Å². The highest BCUT2D eigenvalue weighted by molar-refractivity contribution is 4.96. The fourth-order valence-corrected chi connectivity index (χ4v) is 2.22. The average molecular weight is 266 g/mol. The van der Waals surface area contributed by atoms with Crippen LogP contribution in [0.5, 0.6) is 0 Å². The van der Waals surface area contributed by atoms with Gasteiger partial charge >= 0.3 is 0 Å². The summed E-state index contributed by atoms with van der Waals surface area (Å²) in [5.74, 6) is 1.09. The molecule has 1 heterocycles. The van der Waals surface area contributed by atoms with Crippen LogP contribution in [0.25, 0.3) is 0 Å². The first-order valence-electron chi connectivity index (χ1n) is 7.54. The second kappa shape index (κ2) is 7.04. The van der Waals surface area contributed by atoms with E-state index in [4.69, 9.17) is 0 Å². The van der Waals surface area contributed by atoms with Crippen molar-refractivity contribution in [2.75, 3.05) is 6.54 Å². The molecule has 0 aliphatic carbocycles. The van der Waals surface area contributed by atoms with Gasteiger partial charge in [0.15, 0.2) is 0 Å². The predicted molar refractivity (Wildman–Crippen MR) is 80.3 cm³/mol. The Morgan fingerprint density at radius 3 is 2.53 bits per heavy atom. The Balaban J connectivity index is 2.84. The maximum atomic E-state index is 4.44. The van der Waals surface area contributed by atoms with E-state index in [1.807, 2.05) is 4.68 Å². The first-order valence-corrected chi connectivity index (χ1v) is 7.54. The van der Waals surface area contributed by atoms with Crippen molar-refractivity contribution in [3.8, 4) is 0 Å². The van der Waals surface area contributed by atoms with Gasteiger partial charge in [0, 0.05) is 18.5 Å². The molecule has 0 saturated carbocycles. The van der Waals surface area contributed by atoms with E-state index in [1.54, 1.807) is 6.33 Å². The minimum Gasteiger partial charge on any atom is -0.313 e. The molecule has 0 aliphatic rings. The minimum absolute atomic E-state index is 0.267. The summed E-state index contributed by atoms with van der Waals surface area (Å²) in [5.41, 5.74) is 0.267. The van der Waals surface area contributed by atoms with E-state index in [9.17, 15) is 0 Å². The van der Waals surface area contributed by atoms with Crippen molar-refractivity contribution in [1.29, 1.82) is 0 Å². The van der Waals surface area contributed by atoms with Crippen molar-refractivity contribution in [3.63, 3.8) is 0 Å². The molecule has 0 bridgehead atoms. The van der Waals surface area contributed by atoms with Gasteiger partial charge < -0.3 is 5.32 Å². The van der Waals surface area contributed by atoms with E-state index >= 15 is 0 Å². The zero-order chi connectivity index (χ0) is 14.5. The van der Waals surface area contributed by atoms with E-state index in [2.05, 4.69) is 56.9 Å². The van der Waals surface area contributed by atoms with Crippen LogP contribution >= 0.6 is 0 Å². The Bertz CT molecular complexity index is 368. The number of nitrogens with one attached hydrogen (secondary N) is 1. The molecule has 0 radical (unpaired) electrons. The topological polar surface area (TPSA) is 42.7 Å². The van der Waals surface area contributed by atoms with Crippen LogP contribution in [-0.4, -0.2) is 27.4 Å². The van der Waals surface area contributed by atoms with Crippen LogP contribution in [0.3, 0.4) is 0 Å². The van der Waals surface area contributed by atoms with Crippen molar-refractivity contribution in [3.05, 3.63) is 12.2 Å². The largest absolute Gasteiger partial charge is 0.313 e. The molecule has 0 amide bonds. The summed E-state index contributed by atoms with van der Waals surface area (Å²) < 4.78 is 2.03. The summed E-state index contributed by atoms with van der Waals surface area (Å²) >= 11 is 0. The maximum absolute atomic E-state index is 4.44. The fraction of sp³-hybridized carbons (Fsp3) is 0.867. The van der Waals surface area contributed by atoms with Gasteiger partial charge in [-0.05, 0) is 38.6 Å². The fourth-order valence-electron chi connectivity index (χ4n) is 2.22. The quantitative estimate of drug-likeness (QED) is 0.785. The van der Waals surface area contributed by atoms with Gasteiger partial charge in [0.2, 0.25) is 0 Å². The number of rotatable bonds is 8. The van der Waals surface area contributed by atoms with E-state index in [-0.39, 0.29) is 5.41 Å². The molecule has 1 aromatic rings. The first-order chi connectivity index (χ1) is 8.92. The van der Waals surface area contributed by atoms with Gasteiger partial charge in [-0.25, -0.2) is 9.67 Å². The lowest BCUT2D eigenvalue weighted by Gasteiger charge is -2.34. The van der Waals surface area contributed by atoms with Crippen LogP contribution in [0.15, 0.2) is 6.33 Å². The van der Waals surface area contributed by atoms with E-state index in [1.165, 1.54) is 0 Å². The number of aromatic nitrogens is 3. The highest BCUT2D eigenvalue weighted by Gasteiger charge is 2.28. The first kappa shape index (κ1) is 16.2. The molecule has 1 unspecified atom stereocenters. The van der Waals surface area contributed by atoms with Crippen molar-refractivity contribution in [2.24, 2.45) is 5.41 Å². The van der Waals surface area contributed by atoms with Crippen LogP contribution in [-0.2, 0) is 6.42 Å². The standard InChI is InChI=1S/C15H30N4/c1-7-9-16-13(15(5,6)8-2)10-14-17-11-18-19(14)12(3)4/h11-13,16H,7-10H2,1-6H3. The lowest BCUT2D eigenvalue weighted by molar-refractivity contribution is 0.225. The average Bonchev–Trinajstić information content (AvgIpc) is 2.82. The Morgan fingerprint density at radius 1 is 1.32 bits per heavy atom. The summed E-state index contributed by atoms with van der Waals surface area (Å²) in [7, 11) is 0. The Morgan fingerprint density at radius 2 is 2.00 bits per heavy atom. The van der Waals surface area contributed by atoms with Crippen molar-refractivity contribution < 1.29 is 0 Å². The smallest absolute Gasteiger partial charge is 0.138 e. The lowest BCUT2D eigenvalue weighted by Crippen LogP contribution is -2.44. The molecule has 0 spiro atoms. The summed E-state index contributed by atoms with van der Waals surface area (Å²) in [6.45, 7) is 14.5. The van der Waals surface area contributed by atoms with Crippen LogP contribution in [0.4, 0.5) is 0 Å². The molecule has 19 heavy (non-hydrogen) atoms. The molecule has 0 aromatic carbocycles. The van der Waals surface area contributed by atoms with Crippen molar-refractivity contribution in [1.82, 2.24) is 20.1 Å². The van der Waals surface area contributed by atoms with Gasteiger partial charge in [-0.2, -0.15) is 5.10 Å². The van der Waals surface area contributed by atoms with Gasteiger partial charge in [0.1, 0.15) is 12.2 Å². The molecule has 0 aliphatic heterocycles. The third kappa shape index (κ3) is 4.30. The predicted octanol–water partition coefficient (Wildman–Crippen LogP) is 3.21. The Hall–Kier alpha value is -0.900. The molecule has 1 rings (SSSR count). The Labute approximate surface area is 118 Å². The zero-order valence-electron chi connectivity index (χ0n) is 13.4. The van der Waals surface area contributed by atoms with Gasteiger partial charge in [-0.3, -0.25) is 0 Å². The number of nitrogens with zero attached hydrogens (tertiary/aromatic N) is 3. The summed E-state index contributed by atoms with van der Waals surface area (Å²) in [5, 5.41) is 8.02. The van der Waals surface area contributed by atoms with Crippen LogP contribution in [0.1, 0.15) is 66.3 Å². The maximum Gasteiger partial charge on any atom is 0.138 e. The van der Waals surface area contributed by atoms with Crippen LogP contribution in [0.2, 0.25) is 0 Å². The summed E-state index contributed by atoms with van der Waals surface area (Å²) in [6, 6.07) is 0.813. The molecule has 0 saturated heterocycles. The van der Waals surface area contributed by atoms with Gasteiger partial charge in [-0.15, -0.1) is 0 Å². The molecule has 0 fully saturated rings.